The molecule has 3 heterocycles. The van der Waals surface area contributed by atoms with Crippen LogP contribution in [0.15, 0.2) is 48.7 Å². The maximum absolute atomic E-state index is 14.6. The molecule has 0 amide bonds. The molecule has 0 saturated carbocycles. The van der Waals surface area contributed by atoms with Crippen LogP contribution in [-0.4, -0.2) is 47.1 Å². The molecule has 8 heteroatoms. The summed E-state index contributed by atoms with van der Waals surface area (Å²) in [6, 6.07) is 10.3. The number of nitrogens with zero attached hydrogens (tertiary/aromatic N) is 4. The lowest BCUT2D eigenvalue weighted by Gasteiger charge is -2.40. The van der Waals surface area contributed by atoms with Crippen molar-refractivity contribution in [1.29, 1.82) is 0 Å². The lowest BCUT2D eigenvalue weighted by molar-refractivity contribution is 0.141. The van der Waals surface area contributed by atoms with E-state index in [-0.39, 0.29) is 11.4 Å². The molecule has 2 fully saturated rings. The van der Waals surface area contributed by atoms with Crippen LogP contribution in [0.4, 0.5) is 24.9 Å². The van der Waals surface area contributed by atoms with Crippen molar-refractivity contribution in [1.82, 2.24) is 14.9 Å². The van der Waals surface area contributed by atoms with E-state index >= 15 is 0 Å². The smallest absolute Gasteiger partial charge is 0.227 e. The van der Waals surface area contributed by atoms with Crippen LogP contribution in [0, 0.1) is 17.5 Å². The Morgan fingerprint density at radius 3 is 2.26 bits per heavy atom. The molecule has 35 heavy (non-hydrogen) atoms. The minimum Gasteiger partial charge on any atom is -0.365 e. The van der Waals surface area contributed by atoms with Gasteiger partial charge in [-0.3, -0.25) is 0 Å². The Kier molecular flexibility index (Phi) is 7.18. The molecule has 184 valence electrons. The Hall–Kier alpha value is -3.13. The second-order valence-corrected chi connectivity index (χ2v) is 9.35. The van der Waals surface area contributed by atoms with Crippen LogP contribution in [0.3, 0.4) is 0 Å². The van der Waals surface area contributed by atoms with E-state index in [1.54, 1.807) is 18.3 Å². The van der Waals surface area contributed by atoms with Crippen LogP contribution < -0.4 is 10.2 Å². The highest BCUT2D eigenvalue weighted by molar-refractivity contribution is 5.75. The molecule has 2 aliphatic rings. The van der Waals surface area contributed by atoms with Gasteiger partial charge in [0.15, 0.2) is 0 Å². The Morgan fingerprint density at radius 1 is 0.829 bits per heavy atom. The molecule has 2 saturated heterocycles. The first kappa shape index (κ1) is 23.6. The number of nitrogens with one attached hydrogen (secondary N) is 1. The molecular weight excluding hydrogens is 451 g/mol. The molecule has 2 aliphatic heterocycles. The predicted octanol–water partition coefficient (Wildman–Crippen LogP) is 5.63. The van der Waals surface area contributed by atoms with E-state index in [4.69, 9.17) is 4.98 Å². The number of aromatic nitrogens is 2. The fourth-order valence-corrected chi connectivity index (χ4v) is 5.07. The van der Waals surface area contributed by atoms with E-state index in [1.165, 1.54) is 56.6 Å². The molecule has 0 radical (unpaired) electrons. The van der Waals surface area contributed by atoms with Gasteiger partial charge in [0.05, 0.1) is 0 Å². The molecule has 1 aromatic heterocycles. The average Bonchev–Trinajstić information content (AvgIpc) is 2.89. The van der Waals surface area contributed by atoms with Gasteiger partial charge >= 0.3 is 0 Å². The first-order valence-corrected chi connectivity index (χ1v) is 12.4. The van der Waals surface area contributed by atoms with Crippen molar-refractivity contribution in [2.24, 2.45) is 0 Å². The van der Waals surface area contributed by atoms with Gasteiger partial charge in [0.1, 0.15) is 23.3 Å². The summed E-state index contributed by atoms with van der Waals surface area (Å²) in [6.07, 6.45) is 7.63. The summed E-state index contributed by atoms with van der Waals surface area (Å²) in [5.74, 6) is -0.562. The third-order valence-electron chi connectivity index (χ3n) is 7.02. The van der Waals surface area contributed by atoms with E-state index in [0.717, 1.165) is 37.6 Å². The van der Waals surface area contributed by atoms with Crippen LogP contribution in [0.2, 0.25) is 0 Å². The van der Waals surface area contributed by atoms with Gasteiger partial charge in [-0.1, -0.05) is 18.6 Å². The van der Waals surface area contributed by atoms with Gasteiger partial charge in [-0.2, -0.15) is 4.98 Å². The first-order valence-electron chi connectivity index (χ1n) is 12.4. The van der Waals surface area contributed by atoms with Crippen molar-refractivity contribution in [2.45, 2.75) is 44.7 Å². The number of hydrogen-bond donors (Lipinski definition) is 1. The number of hydrogen-bond acceptors (Lipinski definition) is 5. The van der Waals surface area contributed by atoms with E-state index in [2.05, 4.69) is 20.1 Å². The van der Waals surface area contributed by atoms with E-state index in [0.29, 0.717) is 29.9 Å². The molecule has 0 atom stereocenters. The van der Waals surface area contributed by atoms with Gasteiger partial charge in [-0.25, -0.2) is 18.2 Å². The number of rotatable bonds is 6. The third kappa shape index (κ3) is 5.59. The quantitative estimate of drug-likeness (QED) is 0.495. The number of likely N-dealkylation sites (tertiary alicyclic amines) is 1. The summed E-state index contributed by atoms with van der Waals surface area (Å²) in [7, 11) is 0. The SMILES string of the molecule is Fc1ccc(CNc2nc(N3CCC(N4CCCCC4)CC3)ncc2-c2ccc(F)cc2F)cc1. The summed E-state index contributed by atoms with van der Waals surface area (Å²) < 4.78 is 41.4. The van der Waals surface area contributed by atoms with Gasteiger partial charge in [0.2, 0.25) is 5.95 Å². The molecule has 3 aromatic rings. The van der Waals surface area contributed by atoms with Gasteiger partial charge in [-0.05, 0) is 68.6 Å². The molecule has 2 aromatic carbocycles. The molecule has 5 rings (SSSR count). The Labute approximate surface area is 204 Å². The van der Waals surface area contributed by atoms with Crippen LogP contribution in [0.25, 0.3) is 11.1 Å². The Balaban J connectivity index is 1.37. The van der Waals surface area contributed by atoms with E-state index < -0.39 is 11.6 Å². The molecular formula is C27H30F3N5. The van der Waals surface area contributed by atoms with Crippen molar-refractivity contribution < 1.29 is 13.2 Å². The van der Waals surface area contributed by atoms with Crippen molar-refractivity contribution >= 4 is 11.8 Å². The predicted molar refractivity (Wildman–Crippen MR) is 132 cm³/mol. The summed E-state index contributed by atoms with van der Waals surface area (Å²) >= 11 is 0. The summed E-state index contributed by atoms with van der Waals surface area (Å²) in [6.45, 7) is 4.49. The largest absolute Gasteiger partial charge is 0.365 e. The second-order valence-electron chi connectivity index (χ2n) is 9.35. The van der Waals surface area contributed by atoms with Crippen LogP contribution >= 0.6 is 0 Å². The zero-order valence-corrected chi connectivity index (χ0v) is 19.7. The topological polar surface area (TPSA) is 44.3 Å². The maximum Gasteiger partial charge on any atom is 0.227 e. The highest BCUT2D eigenvalue weighted by atomic mass is 19.1. The minimum absolute atomic E-state index is 0.225. The monoisotopic (exact) mass is 481 g/mol. The zero-order valence-electron chi connectivity index (χ0n) is 19.7. The molecule has 0 bridgehead atoms. The Bertz CT molecular complexity index is 1140. The second kappa shape index (κ2) is 10.6. The third-order valence-corrected chi connectivity index (χ3v) is 7.02. The van der Waals surface area contributed by atoms with Gasteiger partial charge in [0.25, 0.3) is 0 Å². The van der Waals surface area contributed by atoms with Crippen LogP contribution in [0.1, 0.15) is 37.7 Å². The van der Waals surface area contributed by atoms with Crippen LogP contribution in [0.5, 0.6) is 0 Å². The Morgan fingerprint density at radius 2 is 1.54 bits per heavy atom. The van der Waals surface area contributed by atoms with Crippen molar-refractivity contribution in [2.75, 3.05) is 36.4 Å². The fraction of sp³-hybridized carbons (Fsp3) is 0.407. The standard InChI is InChI=1S/C27H30F3N5/c28-20-6-4-19(5-7-20)17-31-26-24(23-9-8-21(29)16-25(23)30)18-32-27(33-26)35-14-10-22(11-15-35)34-12-2-1-3-13-34/h4-9,16,18,22H,1-3,10-15,17H2,(H,31,32,33). The lowest BCUT2D eigenvalue weighted by Crippen LogP contribution is -2.47. The maximum atomic E-state index is 14.6. The molecule has 0 unspecified atom stereocenters. The average molecular weight is 482 g/mol. The number of halogens is 3. The first-order chi connectivity index (χ1) is 17.1. The summed E-state index contributed by atoms with van der Waals surface area (Å²) in [4.78, 5) is 14.1. The number of piperidine rings is 2. The summed E-state index contributed by atoms with van der Waals surface area (Å²) in [5, 5.41) is 3.26. The van der Waals surface area contributed by atoms with E-state index in [9.17, 15) is 13.2 Å². The van der Waals surface area contributed by atoms with Gasteiger partial charge in [-0.15, -0.1) is 0 Å². The van der Waals surface area contributed by atoms with Crippen molar-refractivity contribution in [3.8, 4) is 11.1 Å². The lowest BCUT2D eigenvalue weighted by atomic mass is 10.00. The highest BCUT2D eigenvalue weighted by Gasteiger charge is 2.27. The zero-order chi connectivity index (χ0) is 24.2. The van der Waals surface area contributed by atoms with E-state index in [1.807, 2.05) is 0 Å². The van der Waals surface area contributed by atoms with Crippen molar-refractivity contribution in [3.63, 3.8) is 0 Å². The molecule has 0 aliphatic carbocycles. The highest BCUT2D eigenvalue weighted by Crippen LogP contribution is 2.31. The normalized spacial score (nSPS) is 17.5. The van der Waals surface area contributed by atoms with Crippen molar-refractivity contribution in [3.05, 3.63) is 71.7 Å². The van der Waals surface area contributed by atoms with Gasteiger partial charge in [0, 0.05) is 49.1 Å². The number of benzene rings is 2. The van der Waals surface area contributed by atoms with Gasteiger partial charge < -0.3 is 15.1 Å². The molecule has 0 spiro atoms. The summed E-state index contributed by atoms with van der Waals surface area (Å²) in [5.41, 5.74) is 1.54. The number of anilines is 2. The fourth-order valence-electron chi connectivity index (χ4n) is 5.07. The molecule has 1 N–H and O–H groups in total. The minimum atomic E-state index is -0.673. The molecule has 5 nitrogen and oxygen atoms in total. The van der Waals surface area contributed by atoms with Crippen LogP contribution in [-0.2, 0) is 6.54 Å².